The Morgan fingerprint density at radius 3 is 2.52 bits per heavy atom. The van der Waals surface area contributed by atoms with Gasteiger partial charge >= 0.3 is 0 Å². The quantitative estimate of drug-likeness (QED) is 0.747. The van der Waals surface area contributed by atoms with E-state index in [0.717, 1.165) is 35.1 Å². The van der Waals surface area contributed by atoms with Gasteiger partial charge in [0.2, 0.25) is 0 Å². The van der Waals surface area contributed by atoms with Crippen LogP contribution in [0.1, 0.15) is 17.9 Å². The number of ether oxygens (including phenoxy) is 1. The molecule has 1 aliphatic rings. The van der Waals surface area contributed by atoms with Crippen LogP contribution in [0.25, 0.3) is 10.8 Å². The van der Waals surface area contributed by atoms with Crippen LogP contribution in [0.5, 0.6) is 5.75 Å². The number of benzene rings is 3. The molecule has 3 aromatic rings. The van der Waals surface area contributed by atoms with Crippen LogP contribution in [0.3, 0.4) is 0 Å². The molecule has 0 aliphatic carbocycles. The lowest BCUT2D eigenvalue weighted by atomic mass is 9.82. The number of β-amino-alcohol motifs (C(OH)–C–C–N with tert-alkyl or cyclic N) is 1. The summed E-state index contributed by atoms with van der Waals surface area (Å²) in [5, 5.41) is 16.7. The van der Waals surface area contributed by atoms with Gasteiger partial charge in [-0.2, -0.15) is 0 Å². The summed E-state index contributed by atoms with van der Waals surface area (Å²) in [6.45, 7) is 1.90. The number of nitrogens with one attached hydrogen (secondary N) is 1. The first kappa shape index (κ1) is 16.1. The third-order valence-electron chi connectivity index (χ3n) is 5.17. The lowest BCUT2D eigenvalue weighted by Gasteiger charge is -2.32. The highest BCUT2D eigenvalue weighted by atomic mass is 16.5. The van der Waals surface area contributed by atoms with Crippen molar-refractivity contribution < 1.29 is 9.84 Å². The molecule has 4 rings (SSSR count). The van der Waals surface area contributed by atoms with Gasteiger partial charge in [-0.1, -0.05) is 66.7 Å². The van der Waals surface area contributed by atoms with Gasteiger partial charge in [0.25, 0.3) is 0 Å². The predicted molar refractivity (Wildman–Crippen MR) is 101 cm³/mol. The van der Waals surface area contributed by atoms with Gasteiger partial charge in [0, 0.05) is 17.8 Å². The summed E-state index contributed by atoms with van der Waals surface area (Å²) in [6, 6.07) is 24.5. The summed E-state index contributed by atoms with van der Waals surface area (Å²) in [5.41, 5.74) is 0.347. The molecule has 128 valence electrons. The van der Waals surface area contributed by atoms with Crippen molar-refractivity contribution in [2.75, 3.05) is 19.7 Å². The third kappa shape index (κ3) is 3.26. The van der Waals surface area contributed by atoms with Crippen LogP contribution < -0.4 is 10.1 Å². The smallest absolute Gasteiger partial charge is 0.127 e. The summed E-state index contributed by atoms with van der Waals surface area (Å²) in [7, 11) is 0. The topological polar surface area (TPSA) is 41.5 Å². The molecule has 1 fully saturated rings. The van der Waals surface area contributed by atoms with E-state index in [4.69, 9.17) is 4.74 Å². The molecule has 3 heteroatoms. The van der Waals surface area contributed by atoms with E-state index < -0.39 is 5.60 Å². The molecule has 2 unspecified atom stereocenters. The minimum Gasteiger partial charge on any atom is -0.492 e. The summed E-state index contributed by atoms with van der Waals surface area (Å²) in [5.74, 6) is 0.802. The van der Waals surface area contributed by atoms with Gasteiger partial charge in [-0.05, 0) is 30.0 Å². The first-order valence-corrected chi connectivity index (χ1v) is 8.85. The molecule has 1 heterocycles. The van der Waals surface area contributed by atoms with Crippen LogP contribution >= 0.6 is 0 Å². The standard InChI is InChI=1S/C22H23NO2/c24-22(13-14-23-16-22)20(18-8-2-1-3-9-18)15-25-21-12-6-10-17-7-4-5-11-19(17)21/h1-12,20,23-24H,13-16H2. The average Bonchev–Trinajstić information content (AvgIpc) is 3.10. The zero-order valence-corrected chi connectivity index (χ0v) is 14.2. The number of hydrogen-bond donors (Lipinski definition) is 2. The second-order valence-corrected chi connectivity index (χ2v) is 6.78. The average molecular weight is 333 g/mol. The monoisotopic (exact) mass is 333 g/mol. The second-order valence-electron chi connectivity index (χ2n) is 6.78. The molecule has 0 spiro atoms. The molecule has 1 saturated heterocycles. The molecule has 3 nitrogen and oxygen atoms in total. The van der Waals surface area contributed by atoms with Gasteiger partial charge in [-0.15, -0.1) is 0 Å². The number of aliphatic hydroxyl groups is 1. The lowest BCUT2D eigenvalue weighted by molar-refractivity contribution is 0.0154. The van der Waals surface area contributed by atoms with Gasteiger partial charge in [-0.25, -0.2) is 0 Å². The molecule has 1 aliphatic heterocycles. The van der Waals surface area contributed by atoms with Crippen LogP contribution in [-0.4, -0.2) is 30.4 Å². The Hall–Kier alpha value is -2.36. The highest BCUT2D eigenvalue weighted by Crippen LogP contribution is 2.35. The Bertz CT molecular complexity index is 836. The van der Waals surface area contributed by atoms with Crippen LogP contribution in [0.2, 0.25) is 0 Å². The van der Waals surface area contributed by atoms with Crippen molar-refractivity contribution in [2.24, 2.45) is 0 Å². The van der Waals surface area contributed by atoms with Gasteiger partial charge in [0.05, 0.1) is 12.2 Å². The first-order chi connectivity index (χ1) is 12.3. The van der Waals surface area contributed by atoms with Crippen LogP contribution in [0.15, 0.2) is 72.8 Å². The van der Waals surface area contributed by atoms with E-state index in [9.17, 15) is 5.11 Å². The second kappa shape index (κ2) is 6.87. The van der Waals surface area contributed by atoms with E-state index in [-0.39, 0.29) is 5.92 Å². The Morgan fingerprint density at radius 2 is 1.72 bits per heavy atom. The summed E-state index contributed by atoms with van der Waals surface area (Å²) in [4.78, 5) is 0. The molecule has 0 bridgehead atoms. The zero-order chi connectivity index (χ0) is 17.1. The predicted octanol–water partition coefficient (Wildman–Crippen LogP) is 3.73. The van der Waals surface area contributed by atoms with Crippen molar-refractivity contribution >= 4 is 10.8 Å². The van der Waals surface area contributed by atoms with E-state index in [1.54, 1.807) is 0 Å². The van der Waals surface area contributed by atoms with Crippen molar-refractivity contribution in [3.8, 4) is 5.75 Å². The maximum absolute atomic E-state index is 11.2. The fourth-order valence-corrected chi connectivity index (χ4v) is 3.74. The van der Waals surface area contributed by atoms with E-state index in [2.05, 4.69) is 35.6 Å². The SMILES string of the molecule is OC1(C(COc2cccc3ccccc23)c2ccccc2)CCNC1. The lowest BCUT2D eigenvalue weighted by Crippen LogP contribution is -2.41. The molecule has 0 amide bonds. The van der Waals surface area contributed by atoms with E-state index in [0.29, 0.717) is 13.2 Å². The van der Waals surface area contributed by atoms with Gasteiger partial charge < -0.3 is 15.2 Å². The third-order valence-corrected chi connectivity index (χ3v) is 5.17. The molecule has 25 heavy (non-hydrogen) atoms. The molecule has 2 N–H and O–H groups in total. The fraction of sp³-hybridized carbons (Fsp3) is 0.273. The largest absolute Gasteiger partial charge is 0.492 e. The van der Waals surface area contributed by atoms with Gasteiger partial charge in [0.1, 0.15) is 5.75 Å². The fourth-order valence-electron chi connectivity index (χ4n) is 3.74. The van der Waals surface area contributed by atoms with Crippen molar-refractivity contribution in [3.05, 3.63) is 78.4 Å². The van der Waals surface area contributed by atoms with Crippen LogP contribution in [-0.2, 0) is 0 Å². The van der Waals surface area contributed by atoms with Gasteiger partial charge in [0.15, 0.2) is 0 Å². The van der Waals surface area contributed by atoms with Gasteiger partial charge in [-0.3, -0.25) is 0 Å². The highest BCUT2D eigenvalue weighted by molar-refractivity contribution is 5.88. The number of hydrogen-bond acceptors (Lipinski definition) is 3. The summed E-state index contributed by atoms with van der Waals surface area (Å²) in [6.07, 6.45) is 0.742. The minimum atomic E-state index is -0.772. The molecular weight excluding hydrogens is 310 g/mol. The maximum Gasteiger partial charge on any atom is 0.127 e. The number of rotatable bonds is 5. The molecule has 2 atom stereocenters. The Labute approximate surface area is 148 Å². The van der Waals surface area contributed by atoms with Crippen molar-refractivity contribution in [1.82, 2.24) is 5.32 Å². The van der Waals surface area contributed by atoms with Crippen LogP contribution in [0.4, 0.5) is 0 Å². The van der Waals surface area contributed by atoms with E-state index in [1.807, 2.05) is 42.5 Å². The maximum atomic E-state index is 11.2. The Balaban J connectivity index is 1.63. The normalized spacial score (nSPS) is 21.3. The van der Waals surface area contributed by atoms with Crippen molar-refractivity contribution in [3.63, 3.8) is 0 Å². The Morgan fingerprint density at radius 1 is 0.960 bits per heavy atom. The van der Waals surface area contributed by atoms with E-state index >= 15 is 0 Å². The minimum absolute atomic E-state index is 0.0670. The Kier molecular flexibility index (Phi) is 4.43. The summed E-state index contributed by atoms with van der Waals surface area (Å²) < 4.78 is 6.23. The molecule has 3 aromatic carbocycles. The van der Waals surface area contributed by atoms with Crippen LogP contribution in [0, 0.1) is 0 Å². The molecule has 0 radical (unpaired) electrons. The first-order valence-electron chi connectivity index (χ1n) is 8.85. The van der Waals surface area contributed by atoms with E-state index in [1.165, 1.54) is 0 Å². The zero-order valence-electron chi connectivity index (χ0n) is 14.2. The van der Waals surface area contributed by atoms with Crippen molar-refractivity contribution in [1.29, 1.82) is 0 Å². The molecule has 0 aromatic heterocycles. The number of fused-ring (bicyclic) bond motifs is 1. The summed E-state index contributed by atoms with van der Waals surface area (Å²) >= 11 is 0. The molecular formula is C22H23NO2. The van der Waals surface area contributed by atoms with Crippen molar-refractivity contribution in [2.45, 2.75) is 17.9 Å². The highest BCUT2D eigenvalue weighted by Gasteiger charge is 2.40. The molecule has 0 saturated carbocycles.